The molecule has 71 heavy (non-hydrogen) atoms. The number of carbonyl (C=O) groups excluding carboxylic acids is 4. The number of rotatable bonds is 12. The lowest BCUT2D eigenvalue weighted by atomic mass is 9.49. The maximum atomic E-state index is 14.3. The van der Waals surface area contributed by atoms with E-state index in [2.05, 4.69) is 66.1 Å². The van der Waals surface area contributed by atoms with E-state index < -0.39 is 23.6 Å². The van der Waals surface area contributed by atoms with E-state index >= 15 is 0 Å². The van der Waals surface area contributed by atoms with Crippen molar-refractivity contribution in [3.8, 4) is 34.1 Å². The average Bonchev–Trinajstić information content (AvgIpc) is 4.02. The number of hydrogen-bond acceptors (Lipinski definition) is 10. The molecule has 0 spiro atoms. The Bertz CT molecular complexity index is 2780. The minimum absolute atomic E-state index is 0.00627. The van der Waals surface area contributed by atoms with E-state index in [9.17, 15) is 29.5 Å². The number of nitriles is 1. The van der Waals surface area contributed by atoms with Crippen LogP contribution in [0.25, 0.3) is 10.4 Å². The number of piperidine rings is 1. The van der Waals surface area contributed by atoms with Gasteiger partial charge in [0.1, 0.15) is 30.0 Å². The molecule has 4 aliphatic rings. The van der Waals surface area contributed by atoms with E-state index in [4.69, 9.17) is 16.3 Å². The number of thiazole rings is 1. The lowest BCUT2D eigenvalue weighted by Crippen LogP contribution is -2.74. The van der Waals surface area contributed by atoms with Crippen LogP contribution in [0.5, 0.6) is 5.75 Å². The molecule has 3 aliphatic heterocycles. The second-order valence-corrected chi connectivity index (χ2v) is 23.5. The van der Waals surface area contributed by atoms with E-state index in [-0.39, 0.29) is 72.2 Å². The van der Waals surface area contributed by atoms with Crippen molar-refractivity contribution < 1.29 is 29.0 Å². The number of fused-ring (bicyclic) bond motifs is 1. The van der Waals surface area contributed by atoms with Crippen LogP contribution >= 0.6 is 22.9 Å². The van der Waals surface area contributed by atoms with Crippen LogP contribution in [-0.2, 0) is 20.9 Å². The van der Waals surface area contributed by atoms with Gasteiger partial charge in [-0.2, -0.15) is 5.26 Å². The van der Waals surface area contributed by atoms with Crippen LogP contribution < -0.4 is 15.4 Å². The number of aromatic nitrogens is 1. The Morgan fingerprint density at radius 3 is 2.35 bits per heavy atom. The van der Waals surface area contributed by atoms with Crippen molar-refractivity contribution >= 4 is 46.6 Å². The number of nitrogens with zero attached hydrogens (tertiary/aromatic N) is 5. The highest BCUT2D eigenvalue weighted by atomic mass is 35.5. The summed E-state index contributed by atoms with van der Waals surface area (Å²) in [5.41, 5.74) is 6.30. The lowest BCUT2D eigenvalue weighted by Gasteiger charge is -2.65. The van der Waals surface area contributed by atoms with Crippen molar-refractivity contribution in [3.63, 3.8) is 0 Å². The molecule has 13 nitrogen and oxygen atoms in total. The molecule has 2 saturated heterocycles. The number of nitrogens with one attached hydrogen (secondary N) is 2. The van der Waals surface area contributed by atoms with Gasteiger partial charge in [0.05, 0.1) is 45.4 Å². The zero-order chi connectivity index (χ0) is 51.2. The summed E-state index contributed by atoms with van der Waals surface area (Å²) in [7, 11) is 0. The number of carbonyl (C=O) groups is 4. The zero-order valence-corrected chi connectivity index (χ0v) is 43.8. The third-order valence-corrected chi connectivity index (χ3v) is 16.4. The lowest BCUT2D eigenvalue weighted by molar-refractivity contribution is -0.199. The number of aryl methyl sites for hydroxylation is 1. The molecule has 374 valence electrons. The van der Waals surface area contributed by atoms with Crippen LogP contribution in [0, 0.1) is 52.3 Å². The summed E-state index contributed by atoms with van der Waals surface area (Å²) in [6.45, 7) is 20.2. The molecule has 4 atom stereocenters. The quantitative estimate of drug-likeness (QED) is 0.118. The van der Waals surface area contributed by atoms with Crippen LogP contribution in [0.2, 0.25) is 5.02 Å². The summed E-state index contributed by atoms with van der Waals surface area (Å²) < 4.78 is 6.49. The van der Waals surface area contributed by atoms with Crippen molar-refractivity contribution in [3.05, 3.63) is 105 Å². The Balaban J connectivity index is 0.808. The van der Waals surface area contributed by atoms with Crippen LogP contribution in [-0.4, -0.2) is 105 Å². The molecule has 8 rings (SSSR count). The smallest absolute Gasteiger partial charge is 0.254 e. The topological polar surface area (TPSA) is 168 Å². The number of aliphatic hydroxyl groups is 1. The number of hydrogen-bond donors (Lipinski definition) is 3. The van der Waals surface area contributed by atoms with Gasteiger partial charge in [-0.25, -0.2) is 4.98 Å². The first-order valence-corrected chi connectivity index (χ1v) is 25.9. The molecule has 3 fully saturated rings. The molecule has 15 heteroatoms. The monoisotopic (exact) mass is 999 g/mol. The minimum atomic E-state index is -0.908. The second kappa shape index (κ2) is 20.4. The maximum absolute atomic E-state index is 14.3. The molecule has 0 radical (unpaired) electrons. The molecule has 4 aromatic rings. The summed E-state index contributed by atoms with van der Waals surface area (Å²) in [6, 6.07) is 18.8. The Hall–Kier alpha value is -5.77. The zero-order valence-electron chi connectivity index (χ0n) is 42.3. The van der Waals surface area contributed by atoms with Crippen molar-refractivity contribution in [1.82, 2.24) is 30.3 Å². The molecule has 3 N–H and O–H groups in total. The van der Waals surface area contributed by atoms with Gasteiger partial charge in [0, 0.05) is 60.0 Å². The number of likely N-dealkylation sites (tertiary alicyclic amines) is 2. The van der Waals surface area contributed by atoms with Gasteiger partial charge in [-0.1, -0.05) is 96.2 Å². The highest BCUT2D eigenvalue weighted by Gasteiger charge is 2.67. The van der Waals surface area contributed by atoms with E-state index in [0.29, 0.717) is 40.8 Å². The summed E-state index contributed by atoms with van der Waals surface area (Å²) in [5.74, 6) is 6.73. The Morgan fingerprint density at radius 1 is 1.01 bits per heavy atom. The summed E-state index contributed by atoms with van der Waals surface area (Å²) >= 11 is 7.89. The van der Waals surface area contributed by atoms with Crippen molar-refractivity contribution in [2.75, 3.05) is 26.2 Å². The van der Waals surface area contributed by atoms with E-state index in [1.807, 2.05) is 87.5 Å². The fourth-order valence-corrected chi connectivity index (χ4v) is 12.7. The first-order valence-electron chi connectivity index (χ1n) is 24.7. The normalized spacial score (nSPS) is 22.6. The van der Waals surface area contributed by atoms with E-state index in [1.165, 1.54) is 4.90 Å². The van der Waals surface area contributed by atoms with Gasteiger partial charge in [0.15, 0.2) is 0 Å². The van der Waals surface area contributed by atoms with E-state index in [1.54, 1.807) is 29.5 Å². The van der Waals surface area contributed by atoms with Crippen molar-refractivity contribution in [2.24, 2.45) is 22.2 Å². The van der Waals surface area contributed by atoms with Gasteiger partial charge < -0.3 is 30.3 Å². The van der Waals surface area contributed by atoms with Gasteiger partial charge in [-0.15, -0.1) is 11.3 Å². The van der Waals surface area contributed by atoms with E-state index in [0.717, 1.165) is 58.8 Å². The number of aliphatic hydroxyl groups excluding tert-OH is 1. The molecule has 1 saturated carbocycles. The largest absolute Gasteiger partial charge is 0.489 e. The maximum Gasteiger partial charge on any atom is 0.254 e. The molecule has 0 unspecified atom stereocenters. The van der Waals surface area contributed by atoms with Gasteiger partial charge in [0.25, 0.3) is 5.91 Å². The minimum Gasteiger partial charge on any atom is -0.489 e. The van der Waals surface area contributed by atoms with Crippen LogP contribution in [0.15, 0.2) is 66.2 Å². The van der Waals surface area contributed by atoms with Gasteiger partial charge in [0.2, 0.25) is 17.7 Å². The molecular weight excluding hydrogens is 934 g/mol. The second-order valence-electron chi connectivity index (χ2n) is 22.2. The molecule has 3 aromatic carbocycles. The molecule has 4 amide bonds. The van der Waals surface area contributed by atoms with Gasteiger partial charge >= 0.3 is 0 Å². The number of amides is 4. The Labute approximate surface area is 427 Å². The predicted molar refractivity (Wildman–Crippen MR) is 275 cm³/mol. The fourth-order valence-electron chi connectivity index (χ4n) is 11.7. The summed E-state index contributed by atoms with van der Waals surface area (Å²) in [4.78, 5) is 66.5. The molecular formula is C56H66ClN7O6S. The Kier molecular flexibility index (Phi) is 14.8. The fraction of sp³-hybridized carbons (Fsp3) is 0.500. The highest BCUT2D eigenvalue weighted by molar-refractivity contribution is 7.13. The first-order chi connectivity index (χ1) is 33.6. The Morgan fingerprint density at radius 2 is 1.72 bits per heavy atom. The third-order valence-electron chi connectivity index (χ3n) is 15.1. The van der Waals surface area contributed by atoms with Crippen molar-refractivity contribution in [2.45, 2.75) is 131 Å². The van der Waals surface area contributed by atoms with Crippen LogP contribution in [0.3, 0.4) is 0 Å². The SMILES string of the molecule is Cc1ncsc1-c1ccc([C@H](C)NC(=O)[C@H]2C[C@@H](O)CN2C(=O)[C@@H](NC(=O)CN2CCC(CC#Cc3ccc4c(c3)CN(C3C(C)(C)C(Oc5ccc(C#N)c(Cl)c5)C3(C)C)C4=O)CC2)C(C)(C)C)cc1. The number of ether oxygens (including phenoxy) is 1. The third kappa shape index (κ3) is 10.7. The predicted octanol–water partition coefficient (Wildman–Crippen LogP) is 8.31. The van der Waals surface area contributed by atoms with Crippen LogP contribution in [0.1, 0.15) is 125 Å². The first kappa shape index (κ1) is 51.6. The highest BCUT2D eigenvalue weighted by Crippen LogP contribution is 2.59. The van der Waals surface area contributed by atoms with Crippen LogP contribution in [0.4, 0.5) is 0 Å². The summed E-state index contributed by atoms with van der Waals surface area (Å²) in [6.07, 6.45) is 1.53. The molecule has 4 heterocycles. The van der Waals surface area contributed by atoms with Gasteiger partial charge in [-0.3, -0.25) is 24.1 Å². The standard InChI is InChI=1S/C56H66ClN7O6S/c1-33(37-14-16-38(17-15-37)47-34(2)59-32-71-47)60-49(67)45-26-41(65)30-63(45)51(69)48(54(3,4)5)61-46(66)31-62-23-21-35(22-24-62)11-10-12-36-13-20-43-40(25-36)29-64(50(43)68)52-55(6,7)53(56(52,8)9)70-42-19-18-39(28-58)44(57)27-42/h13-20,25,27,32-33,35,41,45,48,52-53,65H,11,21-24,26,29-31H2,1-9H3,(H,60,67)(H,61,66)/t33-,41+,45+,48+,52?,53?/m0/s1. The summed E-state index contributed by atoms with van der Waals surface area (Å²) in [5, 5.41) is 26.4. The van der Waals surface area contributed by atoms with Crippen molar-refractivity contribution in [1.29, 1.82) is 5.26 Å². The molecule has 1 aliphatic carbocycles. The number of benzene rings is 3. The molecule has 0 bridgehead atoms. The average molecular weight is 1000 g/mol. The number of halogens is 1. The molecule has 1 aromatic heterocycles. The van der Waals surface area contributed by atoms with Gasteiger partial charge in [-0.05, 0) is 98.1 Å². The number of β-amino-alcohol motifs (C(OH)–C–C–N with tert-alkyl or cyclic N) is 1.